The number of ether oxygens (including phenoxy) is 2. The number of likely N-dealkylation sites (tertiary alicyclic amines) is 2. The number of esters is 1. The molecule has 2 heterocycles. The zero-order chi connectivity index (χ0) is 25.2. The number of hydrogen-bond donors (Lipinski definition) is 0. The first-order valence-electron chi connectivity index (χ1n) is 12.5. The lowest BCUT2D eigenvalue weighted by molar-refractivity contribution is -0.151. The second-order valence-electron chi connectivity index (χ2n) is 9.19. The van der Waals surface area contributed by atoms with Gasteiger partial charge in [0.15, 0.2) is 0 Å². The molecule has 1 aromatic rings. The summed E-state index contributed by atoms with van der Waals surface area (Å²) in [6.07, 6.45) is 2.87. The third kappa shape index (κ3) is 7.70. The first-order valence-corrected chi connectivity index (χ1v) is 12.5. The van der Waals surface area contributed by atoms with Crippen LogP contribution in [0.1, 0.15) is 39.0 Å². The maximum absolute atomic E-state index is 13.0. The first-order chi connectivity index (χ1) is 16.9. The van der Waals surface area contributed by atoms with E-state index in [0.717, 1.165) is 12.2 Å². The minimum Gasteiger partial charge on any atom is -0.493 e. The van der Waals surface area contributed by atoms with E-state index in [-0.39, 0.29) is 48.5 Å². The van der Waals surface area contributed by atoms with Gasteiger partial charge in [-0.05, 0) is 44.7 Å². The van der Waals surface area contributed by atoms with Crippen LogP contribution in [0.5, 0.6) is 5.75 Å². The van der Waals surface area contributed by atoms with Crippen molar-refractivity contribution in [3.63, 3.8) is 0 Å². The Balaban J connectivity index is 1.41. The van der Waals surface area contributed by atoms with Gasteiger partial charge in [-0.3, -0.25) is 19.2 Å². The van der Waals surface area contributed by atoms with Crippen molar-refractivity contribution in [3.05, 3.63) is 30.3 Å². The standard InChI is InChI=1S/C26H37N3O6/c1-3-34-26(33)20-11-15-28(16-12-20)24(31)19-27(2)25(32)21-8-7-14-29(18-21)23(30)13-17-35-22-9-5-4-6-10-22/h4-6,9-10,20-21H,3,7-8,11-19H2,1-2H3. The van der Waals surface area contributed by atoms with Gasteiger partial charge in [0, 0.05) is 33.2 Å². The fourth-order valence-corrected chi connectivity index (χ4v) is 4.65. The molecule has 35 heavy (non-hydrogen) atoms. The summed E-state index contributed by atoms with van der Waals surface area (Å²) in [7, 11) is 1.64. The molecule has 1 aromatic carbocycles. The van der Waals surface area contributed by atoms with Gasteiger partial charge in [-0.25, -0.2) is 0 Å². The average Bonchev–Trinajstić information content (AvgIpc) is 2.89. The molecule has 0 saturated carbocycles. The lowest BCUT2D eigenvalue weighted by Crippen LogP contribution is -2.49. The van der Waals surface area contributed by atoms with Gasteiger partial charge in [0.2, 0.25) is 17.7 Å². The summed E-state index contributed by atoms with van der Waals surface area (Å²) in [6, 6.07) is 9.36. The van der Waals surface area contributed by atoms with E-state index < -0.39 is 0 Å². The molecule has 192 valence electrons. The van der Waals surface area contributed by atoms with Gasteiger partial charge in [0.05, 0.1) is 38.0 Å². The molecule has 2 aliphatic heterocycles. The molecule has 0 bridgehead atoms. The van der Waals surface area contributed by atoms with Gasteiger partial charge in [-0.2, -0.15) is 0 Å². The number of amides is 3. The zero-order valence-electron chi connectivity index (χ0n) is 20.8. The monoisotopic (exact) mass is 487 g/mol. The van der Waals surface area contributed by atoms with E-state index in [9.17, 15) is 19.2 Å². The van der Waals surface area contributed by atoms with Crippen molar-refractivity contribution >= 4 is 23.7 Å². The summed E-state index contributed by atoms with van der Waals surface area (Å²) in [5.41, 5.74) is 0. The van der Waals surface area contributed by atoms with E-state index in [2.05, 4.69) is 0 Å². The molecule has 0 aliphatic carbocycles. The molecule has 9 heteroatoms. The van der Waals surface area contributed by atoms with Crippen molar-refractivity contribution in [3.8, 4) is 5.75 Å². The van der Waals surface area contributed by atoms with Crippen LogP contribution < -0.4 is 4.74 Å². The van der Waals surface area contributed by atoms with Gasteiger partial charge in [-0.1, -0.05) is 18.2 Å². The van der Waals surface area contributed by atoms with E-state index in [1.54, 1.807) is 23.8 Å². The molecule has 2 saturated heterocycles. The third-order valence-corrected chi connectivity index (χ3v) is 6.67. The Bertz CT molecular complexity index is 869. The molecule has 3 rings (SSSR count). The van der Waals surface area contributed by atoms with E-state index in [0.29, 0.717) is 58.7 Å². The molecule has 2 fully saturated rings. The highest BCUT2D eigenvalue weighted by molar-refractivity contribution is 5.86. The predicted octanol–water partition coefficient (Wildman–Crippen LogP) is 1.95. The number of carbonyl (C=O) groups excluding carboxylic acids is 4. The second kappa shape index (κ2) is 13.1. The maximum atomic E-state index is 13.0. The summed E-state index contributed by atoms with van der Waals surface area (Å²) in [5, 5.41) is 0. The van der Waals surface area contributed by atoms with Gasteiger partial charge in [-0.15, -0.1) is 0 Å². The second-order valence-corrected chi connectivity index (χ2v) is 9.19. The van der Waals surface area contributed by atoms with Crippen LogP contribution in [-0.2, 0) is 23.9 Å². The highest BCUT2D eigenvalue weighted by Gasteiger charge is 2.32. The topological polar surface area (TPSA) is 96.5 Å². The van der Waals surface area contributed by atoms with E-state index in [1.807, 2.05) is 30.3 Å². The molecule has 1 atom stereocenters. The molecular formula is C26H37N3O6. The number of piperidine rings is 2. The van der Waals surface area contributed by atoms with Crippen LogP contribution in [0.2, 0.25) is 0 Å². The minimum atomic E-state index is -0.310. The molecule has 9 nitrogen and oxygen atoms in total. The Morgan fingerprint density at radius 3 is 2.34 bits per heavy atom. The van der Waals surface area contributed by atoms with Crippen molar-refractivity contribution in [1.82, 2.24) is 14.7 Å². The number of likely N-dealkylation sites (N-methyl/N-ethyl adjacent to an activating group) is 1. The van der Waals surface area contributed by atoms with Crippen LogP contribution in [0.25, 0.3) is 0 Å². The van der Waals surface area contributed by atoms with Crippen LogP contribution in [0.15, 0.2) is 30.3 Å². The van der Waals surface area contributed by atoms with Crippen LogP contribution in [0.3, 0.4) is 0 Å². The summed E-state index contributed by atoms with van der Waals surface area (Å²) in [5.74, 6) is -0.208. The highest BCUT2D eigenvalue weighted by atomic mass is 16.5. The molecular weight excluding hydrogens is 450 g/mol. The van der Waals surface area contributed by atoms with Gasteiger partial charge in [0.1, 0.15) is 5.75 Å². The number of para-hydroxylation sites is 1. The Labute approximate surface area is 207 Å². The molecule has 0 aromatic heterocycles. The fourth-order valence-electron chi connectivity index (χ4n) is 4.65. The Morgan fingerprint density at radius 2 is 1.66 bits per heavy atom. The third-order valence-electron chi connectivity index (χ3n) is 6.67. The normalized spacial score (nSPS) is 18.6. The number of rotatable bonds is 9. The molecule has 1 unspecified atom stereocenters. The van der Waals surface area contributed by atoms with Crippen molar-refractivity contribution < 1.29 is 28.7 Å². The first kappa shape index (κ1) is 26.5. The van der Waals surface area contributed by atoms with Crippen LogP contribution in [0.4, 0.5) is 0 Å². The Kier molecular flexibility index (Phi) is 9.93. The predicted molar refractivity (Wildman–Crippen MR) is 129 cm³/mol. The average molecular weight is 488 g/mol. The number of nitrogens with zero attached hydrogens (tertiary/aromatic N) is 3. The van der Waals surface area contributed by atoms with Crippen molar-refractivity contribution in [2.75, 3.05) is 53.0 Å². The maximum Gasteiger partial charge on any atom is 0.309 e. The zero-order valence-corrected chi connectivity index (χ0v) is 20.8. The fraction of sp³-hybridized carbons (Fsp3) is 0.615. The largest absolute Gasteiger partial charge is 0.493 e. The van der Waals surface area contributed by atoms with Crippen LogP contribution in [0, 0.1) is 11.8 Å². The van der Waals surface area contributed by atoms with Crippen molar-refractivity contribution in [2.45, 2.75) is 39.0 Å². The summed E-state index contributed by atoms with van der Waals surface area (Å²) < 4.78 is 10.7. The van der Waals surface area contributed by atoms with Crippen LogP contribution in [-0.4, -0.2) is 91.4 Å². The quantitative estimate of drug-likeness (QED) is 0.494. The van der Waals surface area contributed by atoms with Gasteiger partial charge in [0.25, 0.3) is 0 Å². The van der Waals surface area contributed by atoms with Crippen molar-refractivity contribution in [2.24, 2.45) is 11.8 Å². The number of carbonyl (C=O) groups is 4. The lowest BCUT2D eigenvalue weighted by atomic mass is 9.96. The van der Waals surface area contributed by atoms with Gasteiger partial charge >= 0.3 is 5.97 Å². The minimum absolute atomic E-state index is 0.00172. The smallest absolute Gasteiger partial charge is 0.309 e. The molecule has 2 aliphatic rings. The van der Waals surface area contributed by atoms with Gasteiger partial charge < -0.3 is 24.2 Å². The number of hydrogen-bond acceptors (Lipinski definition) is 6. The molecule has 0 spiro atoms. The summed E-state index contributed by atoms with van der Waals surface area (Å²) in [4.78, 5) is 55.2. The van der Waals surface area contributed by atoms with E-state index >= 15 is 0 Å². The molecule has 0 N–H and O–H groups in total. The highest BCUT2D eigenvalue weighted by Crippen LogP contribution is 2.21. The number of benzene rings is 1. The SMILES string of the molecule is CCOC(=O)C1CCN(C(=O)CN(C)C(=O)C2CCCN(C(=O)CCOc3ccccc3)C2)CC1. The van der Waals surface area contributed by atoms with E-state index in [1.165, 1.54) is 4.90 Å². The van der Waals surface area contributed by atoms with Crippen LogP contribution >= 0.6 is 0 Å². The van der Waals surface area contributed by atoms with Crippen molar-refractivity contribution in [1.29, 1.82) is 0 Å². The molecule has 3 amide bonds. The lowest BCUT2D eigenvalue weighted by Gasteiger charge is -2.35. The summed E-state index contributed by atoms with van der Waals surface area (Å²) in [6.45, 7) is 4.40. The molecule has 0 radical (unpaired) electrons. The van der Waals surface area contributed by atoms with E-state index in [4.69, 9.17) is 9.47 Å². The Morgan fingerprint density at radius 1 is 0.943 bits per heavy atom. The summed E-state index contributed by atoms with van der Waals surface area (Å²) >= 11 is 0. The Hall–Kier alpha value is -3.10.